The molecule has 0 fully saturated rings. The van der Waals surface area contributed by atoms with E-state index in [1.54, 1.807) is 7.05 Å². The van der Waals surface area contributed by atoms with E-state index in [1.165, 1.54) is 4.68 Å². The van der Waals surface area contributed by atoms with Crippen LogP contribution in [0.1, 0.15) is 24.9 Å². The van der Waals surface area contributed by atoms with Gasteiger partial charge in [0.25, 0.3) is 0 Å². The number of alkyl halides is 5. The minimum Gasteiger partial charge on any atom is -0.306 e. The highest BCUT2D eigenvalue weighted by molar-refractivity contribution is 6.16. The van der Waals surface area contributed by atoms with Gasteiger partial charge in [0.15, 0.2) is 5.65 Å². The third-order valence-corrected chi connectivity index (χ3v) is 3.40. The Hall–Kier alpha value is -1.31. The average Bonchev–Trinajstić information content (AvgIpc) is 2.89. The lowest BCUT2D eigenvalue weighted by Gasteiger charge is -2.17. The van der Waals surface area contributed by atoms with E-state index in [0.717, 1.165) is 11.0 Å². The zero-order chi connectivity index (χ0) is 15.8. The van der Waals surface area contributed by atoms with Crippen LogP contribution in [0.2, 0.25) is 0 Å². The quantitative estimate of drug-likeness (QED) is 0.603. The van der Waals surface area contributed by atoms with E-state index in [1.807, 2.05) is 6.92 Å². The van der Waals surface area contributed by atoms with Gasteiger partial charge in [0, 0.05) is 7.05 Å². The van der Waals surface area contributed by atoms with Crippen LogP contribution >= 0.6 is 11.6 Å². The number of imidazole rings is 1. The number of aromatic nitrogens is 4. The molecule has 2 heterocycles. The molecule has 2 aromatic heterocycles. The maximum atomic E-state index is 13.4. The van der Waals surface area contributed by atoms with E-state index in [9.17, 15) is 17.6 Å². The highest BCUT2D eigenvalue weighted by Crippen LogP contribution is 2.29. The van der Waals surface area contributed by atoms with Crippen molar-refractivity contribution in [3.63, 3.8) is 0 Å². The van der Waals surface area contributed by atoms with E-state index >= 15 is 0 Å². The van der Waals surface area contributed by atoms with Gasteiger partial charge in [0.2, 0.25) is 0 Å². The molecule has 0 aromatic carbocycles. The Kier molecular flexibility index (Phi) is 4.46. The summed E-state index contributed by atoms with van der Waals surface area (Å²) in [5, 5.41) is 4.21. The van der Waals surface area contributed by atoms with Gasteiger partial charge in [-0.15, -0.1) is 11.6 Å². The largest absolute Gasteiger partial charge is 0.324 e. The maximum absolute atomic E-state index is 13.4. The average molecular weight is 327 g/mol. The van der Waals surface area contributed by atoms with Crippen LogP contribution in [0, 0.1) is 0 Å². The van der Waals surface area contributed by atoms with Gasteiger partial charge in [0.1, 0.15) is 11.3 Å². The molecule has 0 spiro atoms. The molecule has 0 saturated heterocycles. The van der Waals surface area contributed by atoms with E-state index < -0.39 is 18.9 Å². The van der Waals surface area contributed by atoms with Gasteiger partial charge < -0.3 is 4.57 Å². The van der Waals surface area contributed by atoms with E-state index in [0.29, 0.717) is 17.6 Å². The molecule has 9 heteroatoms. The molecule has 0 aliphatic heterocycles. The van der Waals surface area contributed by atoms with Gasteiger partial charge >= 0.3 is 12.3 Å². The lowest BCUT2D eigenvalue weighted by Crippen LogP contribution is -2.33. The predicted molar refractivity (Wildman–Crippen MR) is 71.0 cm³/mol. The van der Waals surface area contributed by atoms with Crippen molar-refractivity contribution in [3.8, 4) is 0 Å². The summed E-state index contributed by atoms with van der Waals surface area (Å²) < 4.78 is 54.0. The number of halogens is 5. The number of fused-ring (bicyclic) bond motifs is 1. The predicted octanol–water partition coefficient (Wildman–Crippen LogP) is 3.36. The van der Waals surface area contributed by atoms with E-state index in [4.69, 9.17) is 11.6 Å². The zero-order valence-corrected chi connectivity index (χ0v) is 12.3. The number of hydrogen-bond donors (Lipinski definition) is 0. The van der Waals surface area contributed by atoms with Crippen LogP contribution < -0.4 is 0 Å². The van der Waals surface area contributed by atoms with E-state index in [2.05, 4.69) is 10.1 Å². The van der Waals surface area contributed by atoms with Crippen molar-refractivity contribution < 1.29 is 17.6 Å². The monoisotopic (exact) mass is 326 g/mol. The molecule has 0 aliphatic rings. The second kappa shape index (κ2) is 5.82. The third-order valence-electron chi connectivity index (χ3n) is 3.16. The van der Waals surface area contributed by atoms with Crippen LogP contribution in [0.15, 0.2) is 0 Å². The Balaban J connectivity index is 2.56. The molecule has 0 unspecified atom stereocenters. The highest BCUT2D eigenvalue weighted by atomic mass is 35.5. The Morgan fingerprint density at radius 2 is 2.00 bits per heavy atom. The summed E-state index contributed by atoms with van der Waals surface area (Å²) in [6.07, 6.45) is -2.31. The van der Waals surface area contributed by atoms with Crippen LogP contribution in [-0.4, -0.2) is 31.7 Å². The van der Waals surface area contributed by atoms with Crippen molar-refractivity contribution in [2.24, 2.45) is 7.05 Å². The summed E-state index contributed by atoms with van der Waals surface area (Å²) >= 11 is 5.71. The molecule has 0 atom stereocenters. The van der Waals surface area contributed by atoms with Gasteiger partial charge in [0.05, 0.1) is 18.1 Å². The Labute approximate surface area is 123 Å². The first-order valence-corrected chi connectivity index (χ1v) is 6.98. The molecule has 2 aromatic rings. The molecule has 2 rings (SSSR count). The highest BCUT2D eigenvalue weighted by Gasteiger charge is 2.42. The lowest BCUT2D eigenvalue weighted by atomic mass is 10.2. The molecule has 0 radical (unpaired) electrons. The van der Waals surface area contributed by atoms with Crippen LogP contribution in [0.3, 0.4) is 0 Å². The minimum absolute atomic E-state index is 0.136. The number of rotatable bonds is 6. The summed E-state index contributed by atoms with van der Waals surface area (Å²) in [4.78, 5) is 4.18. The molecule has 0 aliphatic carbocycles. The van der Waals surface area contributed by atoms with Gasteiger partial charge in [-0.3, -0.25) is 4.68 Å². The van der Waals surface area contributed by atoms with Crippen molar-refractivity contribution in [1.82, 2.24) is 19.3 Å². The first-order valence-electron chi connectivity index (χ1n) is 6.44. The maximum Gasteiger partial charge on any atom is 0.324 e. The molecular formula is C12H15ClF4N4. The van der Waals surface area contributed by atoms with Gasteiger partial charge in [-0.05, 0) is 6.42 Å². The molecule has 0 saturated carbocycles. The van der Waals surface area contributed by atoms with Crippen molar-refractivity contribution in [2.75, 3.05) is 0 Å². The zero-order valence-electron chi connectivity index (χ0n) is 11.6. The number of hydrogen-bond acceptors (Lipinski definition) is 2. The Morgan fingerprint density at radius 1 is 1.33 bits per heavy atom. The first-order chi connectivity index (χ1) is 9.81. The van der Waals surface area contributed by atoms with Gasteiger partial charge in [-0.1, -0.05) is 13.3 Å². The Morgan fingerprint density at radius 3 is 2.52 bits per heavy atom. The van der Waals surface area contributed by atoms with Crippen LogP contribution in [0.25, 0.3) is 11.2 Å². The second-order valence-corrected chi connectivity index (χ2v) is 5.07. The summed E-state index contributed by atoms with van der Waals surface area (Å²) in [5.41, 5.74) is 1.38. The van der Waals surface area contributed by atoms with Crippen LogP contribution in [0.5, 0.6) is 0 Å². The summed E-state index contributed by atoms with van der Waals surface area (Å²) in [7, 11) is 1.57. The van der Waals surface area contributed by atoms with E-state index in [-0.39, 0.29) is 17.4 Å². The second-order valence-electron chi connectivity index (χ2n) is 4.80. The smallest absolute Gasteiger partial charge is 0.306 e. The van der Waals surface area contributed by atoms with Crippen LogP contribution in [-0.2, 0) is 25.9 Å². The molecule has 118 valence electrons. The topological polar surface area (TPSA) is 35.6 Å². The summed E-state index contributed by atoms with van der Waals surface area (Å²) in [6, 6.07) is 0. The van der Waals surface area contributed by atoms with Crippen molar-refractivity contribution >= 4 is 22.8 Å². The molecule has 0 bridgehead atoms. The first kappa shape index (κ1) is 16.1. The lowest BCUT2D eigenvalue weighted by molar-refractivity contribution is -0.137. The van der Waals surface area contributed by atoms with Crippen LogP contribution in [0.4, 0.5) is 17.6 Å². The molecule has 0 N–H and O–H groups in total. The fourth-order valence-electron chi connectivity index (χ4n) is 2.24. The van der Waals surface area contributed by atoms with Crippen molar-refractivity contribution in [1.29, 1.82) is 0 Å². The standard InChI is InChI=1S/C12H15ClF4N4/c1-3-4-7-9-10(20(2)19-7)21(8(5-13)18-9)6-12(16,17)11(14)15/h11H,3-6H2,1-2H3. The van der Waals surface area contributed by atoms with Gasteiger partial charge in [-0.25, -0.2) is 13.8 Å². The van der Waals surface area contributed by atoms with Crippen molar-refractivity contribution in [2.45, 2.75) is 44.5 Å². The number of nitrogens with zero attached hydrogens (tertiary/aromatic N) is 4. The van der Waals surface area contributed by atoms with Gasteiger partial charge in [-0.2, -0.15) is 13.9 Å². The number of aryl methyl sites for hydroxylation is 2. The molecule has 21 heavy (non-hydrogen) atoms. The fourth-order valence-corrected chi connectivity index (χ4v) is 2.44. The SMILES string of the molecule is CCCc1nn(C)c2c1nc(CCl)n2CC(F)(F)C(F)F. The Bertz CT molecular complexity index is 635. The normalized spacial score (nSPS) is 12.8. The fraction of sp³-hybridized carbons (Fsp3) is 0.667. The molecular weight excluding hydrogens is 312 g/mol. The summed E-state index contributed by atoms with van der Waals surface area (Å²) in [5.74, 6) is -4.15. The van der Waals surface area contributed by atoms with Crippen molar-refractivity contribution in [3.05, 3.63) is 11.5 Å². The summed E-state index contributed by atoms with van der Waals surface area (Å²) in [6.45, 7) is 0.777. The minimum atomic E-state index is -4.15. The molecule has 4 nitrogen and oxygen atoms in total. The third kappa shape index (κ3) is 2.86. The molecule has 0 amide bonds.